The molecule has 2 nitrogen and oxygen atoms in total. The van der Waals surface area contributed by atoms with Gasteiger partial charge in [0.2, 0.25) is 0 Å². The fraction of sp³-hybridized carbons (Fsp3) is 1.00. The third-order valence-corrected chi connectivity index (χ3v) is 16.7. The summed E-state index contributed by atoms with van der Waals surface area (Å²) in [5, 5.41) is -0.315. The van der Waals surface area contributed by atoms with Crippen LogP contribution in [0.2, 0.25) is 26.2 Å². The predicted octanol–water partition coefficient (Wildman–Crippen LogP) is 0.823. The zero-order valence-electron chi connectivity index (χ0n) is 8.44. The third kappa shape index (κ3) is 3.07. The number of hydrogen-bond acceptors (Lipinski definition) is 2. The molecule has 0 heterocycles. The second kappa shape index (κ2) is 3.39. The van der Waals surface area contributed by atoms with E-state index in [2.05, 4.69) is 33.1 Å². The molecule has 0 fully saturated rings. The molecule has 0 aromatic heterocycles. The van der Waals surface area contributed by atoms with E-state index in [-0.39, 0.29) is 5.29 Å². The van der Waals surface area contributed by atoms with Gasteiger partial charge in [-0.2, -0.15) is 0 Å². The van der Waals surface area contributed by atoms with Crippen molar-refractivity contribution in [2.45, 2.75) is 44.8 Å². The van der Waals surface area contributed by atoms with E-state index in [0.29, 0.717) is 0 Å². The first-order valence-electron chi connectivity index (χ1n) is 4.29. The van der Waals surface area contributed by atoms with E-state index in [1.54, 1.807) is 0 Å². The van der Waals surface area contributed by atoms with Crippen LogP contribution in [0.25, 0.3) is 0 Å². The second-order valence-corrected chi connectivity index (χ2v) is 19.6. The monoisotopic (exact) mass is 190 g/mol. The lowest BCUT2D eigenvalue weighted by Gasteiger charge is -2.37. The van der Waals surface area contributed by atoms with Crippen molar-refractivity contribution in [3.05, 3.63) is 0 Å². The molecule has 0 aromatic carbocycles. The SMILES string of the molecule is CCC(N)(N)[SiH](C)[Si](C)(C)C. The Morgan fingerprint density at radius 3 is 1.73 bits per heavy atom. The second-order valence-electron chi connectivity index (χ2n) is 4.55. The van der Waals surface area contributed by atoms with Crippen molar-refractivity contribution >= 4 is 15.9 Å². The van der Waals surface area contributed by atoms with Gasteiger partial charge in [0.15, 0.2) is 0 Å². The zero-order chi connectivity index (χ0) is 9.28. The van der Waals surface area contributed by atoms with Crippen LogP contribution in [0.5, 0.6) is 0 Å². The predicted molar refractivity (Wildman–Crippen MR) is 57.8 cm³/mol. The van der Waals surface area contributed by atoms with Crippen LogP contribution in [0, 0.1) is 0 Å². The molecule has 1 atom stereocenters. The van der Waals surface area contributed by atoms with Crippen LogP contribution in [0.4, 0.5) is 0 Å². The van der Waals surface area contributed by atoms with E-state index in [9.17, 15) is 0 Å². The molecule has 4 N–H and O–H groups in total. The van der Waals surface area contributed by atoms with Gasteiger partial charge in [0.1, 0.15) is 0 Å². The minimum atomic E-state index is -1.03. The van der Waals surface area contributed by atoms with Crippen molar-refractivity contribution in [2.24, 2.45) is 11.5 Å². The molecule has 1 unspecified atom stereocenters. The summed E-state index contributed by atoms with van der Waals surface area (Å²) >= 11 is 0. The van der Waals surface area contributed by atoms with Crippen LogP contribution >= 0.6 is 0 Å². The van der Waals surface area contributed by atoms with Crippen molar-refractivity contribution in [3.8, 4) is 0 Å². The Balaban J connectivity index is 4.35. The van der Waals surface area contributed by atoms with Crippen molar-refractivity contribution < 1.29 is 0 Å². The summed E-state index contributed by atoms with van der Waals surface area (Å²) in [5.74, 6) is 0. The van der Waals surface area contributed by atoms with Crippen LogP contribution in [0.3, 0.4) is 0 Å². The smallest absolute Gasteiger partial charge is 0.0691 e. The summed E-state index contributed by atoms with van der Waals surface area (Å²) in [6, 6.07) is 0. The van der Waals surface area contributed by atoms with Crippen molar-refractivity contribution in [2.75, 3.05) is 0 Å². The fourth-order valence-electron chi connectivity index (χ4n) is 1.11. The highest BCUT2D eigenvalue weighted by molar-refractivity contribution is 7.32. The quantitative estimate of drug-likeness (QED) is 0.511. The maximum Gasteiger partial charge on any atom is 0.0691 e. The fourth-order valence-corrected chi connectivity index (χ4v) is 8.79. The van der Waals surface area contributed by atoms with Gasteiger partial charge in [-0.15, -0.1) is 0 Å². The van der Waals surface area contributed by atoms with E-state index in [0.717, 1.165) is 6.42 Å². The minimum Gasteiger partial charge on any atom is -0.317 e. The molecule has 0 radical (unpaired) electrons. The summed E-state index contributed by atoms with van der Waals surface area (Å²) < 4.78 is 0. The molecule has 11 heavy (non-hydrogen) atoms. The first kappa shape index (κ1) is 11.4. The Kier molecular flexibility index (Phi) is 3.50. The Hall–Kier alpha value is 0.354. The molecule has 0 rings (SSSR count). The molecular weight excluding hydrogens is 168 g/mol. The molecule has 68 valence electrons. The highest BCUT2D eigenvalue weighted by atomic mass is 29.2. The largest absolute Gasteiger partial charge is 0.317 e. The van der Waals surface area contributed by atoms with Crippen molar-refractivity contribution in [3.63, 3.8) is 0 Å². The average Bonchev–Trinajstić information content (AvgIpc) is 1.84. The molecule has 4 heteroatoms. The summed E-state index contributed by atoms with van der Waals surface area (Å²) in [4.78, 5) is 0. The molecule has 0 saturated carbocycles. The van der Waals surface area contributed by atoms with Gasteiger partial charge in [-0.1, -0.05) is 33.1 Å². The lowest BCUT2D eigenvalue weighted by atomic mass is 10.4. The van der Waals surface area contributed by atoms with Gasteiger partial charge in [0, 0.05) is 12.9 Å². The Labute approximate surface area is 72.8 Å². The van der Waals surface area contributed by atoms with Gasteiger partial charge in [0.25, 0.3) is 0 Å². The lowest BCUT2D eigenvalue weighted by molar-refractivity contribution is 0.591. The highest BCUT2D eigenvalue weighted by Gasteiger charge is 2.36. The van der Waals surface area contributed by atoms with Gasteiger partial charge in [-0.3, -0.25) is 0 Å². The van der Waals surface area contributed by atoms with E-state index >= 15 is 0 Å². The maximum atomic E-state index is 6.02. The molecule has 0 aromatic rings. The van der Waals surface area contributed by atoms with Crippen LogP contribution in [-0.4, -0.2) is 21.2 Å². The summed E-state index contributed by atoms with van der Waals surface area (Å²) in [6.07, 6.45) is 0.921. The van der Waals surface area contributed by atoms with E-state index in [4.69, 9.17) is 11.5 Å². The topological polar surface area (TPSA) is 52.0 Å². The zero-order valence-corrected chi connectivity index (χ0v) is 10.6. The Morgan fingerprint density at radius 2 is 1.64 bits per heavy atom. The molecule has 0 amide bonds. The standard InChI is InChI=1S/C7H22N2Si2/c1-6-7(8,9)10(2)11(3,4)5/h10H,6,8-9H2,1-5H3. The molecule has 0 aliphatic heterocycles. The van der Waals surface area contributed by atoms with Gasteiger partial charge in [0.05, 0.1) is 8.31 Å². The molecule has 0 bridgehead atoms. The molecular formula is C7H22N2Si2. The van der Waals surface area contributed by atoms with Gasteiger partial charge >= 0.3 is 0 Å². The van der Waals surface area contributed by atoms with Crippen molar-refractivity contribution in [1.29, 1.82) is 0 Å². The van der Waals surface area contributed by atoms with Crippen LogP contribution in [-0.2, 0) is 0 Å². The van der Waals surface area contributed by atoms with Gasteiger partial charge < -0.3 is 11.5 Å². The highest BCUT2D eigenvalue weighted by Crippen LogP contribution is 2.15. The summed E-state index contributed by atoms with van der Waals surface area (Å²) in [5.41, 5.74) is 12.0. The summed E-state index contributed by atoms with van der Waals surface area (Å²) in [7, 11) is -1.93. The number of hydrogen-bond donors (Lipinski definition) is 2. The average molecular weight is 190 g/mol. The van der Waals surface area contributed by atoms with E-state index < -0.39 is 15.9 Å². The van der Waals surface area contributed by atoms with Gasteiger partial charge in [-0.25, -0.2) is 0 Å². The van der Waals surface area contributed by atoms with Gasteiger partial charge in [-0.05, 0) is 6.42 Å². The first-order chi connectivity index (χ1) is 4.72. The van der Waals surface area contributed by atoms with Crippen LogP contribution in [0.1, 0.15) is 13.3 Å². The van der Waals surface area contributed by atoms with Crippen LogP contribution < -0.4 is 11.5 Å². The Bertz CT molecular complexity index is 129. The minimum absolute atomic E-state index is 0.315. The lowest BCUT2D eigenvalue weighted by Crippen LogP contribution is -2.68. The molecule has 0 aliphatic rings. The maximum absolute atomic E-state index is 6.02. The summed E-state index contributed by atoms with van der Waals surface area (Å²) in [6.45, 7) is 11.5. The molecule has 0 saturated heterocycles. The first-order valence-corrected chi connectivity index (χ1v) is 11.3. The molecule has 0 aliphatic carbocycles. The Morgan fingerprint density at radius 1 is 1.27 bits per heavy atom. The molecule has 0 spiro atoms. The van der Waals surface area contributed by atoms with Crippen LogP contribution in [0.15, 0.2) is 0 Å². The van der Waals surface area contributed by atoms with E-state index in [1.807, 2.05) is 0 Å². The van der Waals surface area contributed by atoms with Crippen molar-refractivity contribution in [1.82, 2.24) is 0 Å². The van der Waals surface area contributed by atoms with E-state index in [1.165, 1.54) is 0 Å². The number of rotatable bonds is 3. The normalized spacial score (nSPS) is 16.6. The third-order valence-electron chi connectivity index (χ3n) is 2.72. The number of nitrogens with two attached hydrogens (primary N) is 2.